The van der Waals surface area contributed by atoms with Crippen LogP contribution in [0.25, 0.3) is 0 Å². The Morgan fingerprint density at radius 3 is 2.16 bits per heavy atom. The fourth-order valence-electron chi connectivity index (χ4n) is 1.97. The largest absolute Gasteiger partial charge is 0.291 e. The zero-order valence-corrected chi connectivity index (χ0v) is 16.2. The van der Waals surface area contributed by atoms with E-state index in [0.717, 1.165) is 11.9 Å². The molecule has 0 aliphatic carbocycles. The molecular weight excluding hydrogens is 412 g/mol. The SMILES string of the molecule is CC(C)c1[nH]nc(C(=O)NNC(=O)c2ccc(S(C)(=O)=O)cc2)c1Br. The number of rotatable bonds is 4. The van der Waals surface area contributed by atoms with E-state index in [1.165, 1.54) is 24.3 Å². The lowest BCUT2D eigenvalue weighted by molar-refractivity contribution is 0.0843. The van der Waals surface area contributed by atoms with Gasteiger partial charge < -0.3 is 0 Å². The van der Waals surface area contributed by atoms with Crippen molar-refractivity contribution >= 4 is 37.6 Å². The molecule has 0 saturated carbocycles. The number of sulfone groups is 1. The van der Waals surface area contributed by atoms with Crippen LogP contribution in [0.5, 0.6) is 0 Å². The molecule has 0 unspecified atom stereocenters. The van der Waals surface area contributed by atoms with Crippen molar-refractivity contribution in [1.29, 1.82) is 0 Å². The summed E-state index contributed by atoms with van der Waals surface area (Å²) < 4.78 is 23.3. The van der Waals surface area contributed by atoms with E-state index < -0.39 is 21.7 Å². The van der Waals surface area contributed by atoms with Gasteiger partial charge >= 0.3 is 0 Å². The zero-order valence-electron chi connectivity index (χ0n) is 13.8. The summed E-state index contributed by atoms with van der Waals surface area (Å²) in [6.07, 6.45) is 1.08. The molecule has 25 heavy (non-hydrogen) atoms. The molecule has 0 radical (unpaired) electrons. The van der Waals surface area contributed by atoms with Crippen LogP contribution < -0.4 is 10.9 Å². The number of hydrazine groups is 1. The molecule has 2 amide bonds. The molecule has 0 aliphatic rings. The first-order valence-electron chi connectivity index (χ1n) is 7.25. The smallest absolute Gasteiger partial charge is 0.280 e. The molecule has 134 valence electrons. The number of amides is 2. The Bertz CT molecular complexity index is 904. The van der Waals surface area contributed by atoms with Crippen LogP contribution in [0.2, 0.25) is 0 Å². The third kappa shape index (κ3) is 4.45. The van der Waals surface area contributed by atoms with Crippen molar-refractivity contribution in [2.75, 3.05) is 6.26 Å². The minimum absolute atomic E-state index is 0.106. The van der Waals surface area contributed by atoms with Gasteiger partial charge in [-0.15, -0.1) is 0 Å². The molecule has 0 bridgehead atoms. The fourth-order valence-corrected chi connectivity index (χ4v) is 3.42. The number of carbonyl (C=O) groups is 2. The van der Waals surface area contributed by atoms with Gasteiger partial charge in [0.1, 0.15) is 0 Å². The maximum absolute atomic E-state index is 12.1. The number of aromatic nitrogens is 2. The Labute approximate surface area is 153 Å². The Morgan fingerprint density at radius 1 is 1.12 bits per heavy atom. The third-order valence-corrected chi connectivity index (χ3v) is 5.29. The molecule has 0 fully saturated rings. The van der Waals surface area contributed by atoms with E-state index in [2.05, 4.69) is 37.0 Å². The van der Waals surface area contributed by atoms with Crippen molar-refractivity contribution < 1.29 is 18.0 Å². The Balaban J connectivity index is 2.03. The molecule has 1 aromatic heterocycles. The van der Waals surface area contributed by atoms with Crippen LogP contribution >= 0.6 is 15.9 Å². The highest BCUT2D eigenvalue weighted by Gasteiger charge is 2.20. The van der Waals surface area contributed by atoms with Crippen LogP contribution in [0, 0.1) is 0 Å². The molecule has 3 N–H and O–H groups in total. The normalized spacial score (nSPS) is 11.4. The monoisotopic (exact) mass is 428 g/mol. The molecule has 0 atom stereocenters. The van der Waals surface area contributed by atoms with Crippen LogP contribution in [-0.4, -0.2) is 36.7 Å². The first kappa shape index (κ1) is 19.1. The predicted octanol–water partition coefficient (Wildman–Crippen LogP) is 1.77. The van der Waals surface area contributed by atoms with Crippen molar-refractivity contribution in [3.05, 3.63) is 45.7 Å². The summed E-state index contributed by atoms with van der Waals surface area (Å²) in [5, 5.41) is 6.69. The number of carbonyl (C=O) groups excluding carboxylic acids is 2. The maximum Gasteiger partial charge on any atom is 0.291 e. The zero-order chi connectivity index (χ0) is 18.8. The second-order valence-electron chi connectivity index (χ2n) is 5.66. The summed E-state index contributed by atoms with van der Waals surface area (Å²) in [7, 11) is -3.33. The summed E-state index contributed by atoms with van der Waals surface area (Å²) in [5.41, 5.74) is 5.62. The minimum Gasteiger partial charge on any atom is -0.280 e. The third-order valence-electron chi connectivity index (χ3n) is 3.36. The van der Waals surface area contributed by atoms with E-state index in [1.54, 1.807) is 0 Å². The lowest BCUT2D eigenvalue weighted by Crippen LogP contribution is -2.41. The number of nitrogens with one attached hydrogen (secondary N) is 3. The standard InChI is InChI=1S/C15H17BrN4O4S/c1-8(2)12-11(16)13(18-17-12)15(22)20-19-14(21)9-4-6-10(7-5-9)25(3,23)24/h4-8H,1-3H3,(H,17,18)(H,19,21)(H,20,22). The molecule has 2 rings (SSSR count). The summed E-state index contributed by atoms with van der Waals surface area (Å²) in [5.74, 6) is -1.02. The van der Waals surface area contributed by atoms with Gasteiger partial charge in [-0.1, -0.05) is 13.8 Å². The highest BCUT2D eigenvalue weighted by atomic mass is 79.9. The van der Waals surface area contributed by atoms with Gasteiger partial charge in [0.2, 0.25) is 0 Å². The summed E-state index contributed by atoms with van der Waals surface area (Å²) in [6.45, 7) is 3.89. The van der Waals surface area contributed by atoms with Gasteiger partial charge in [-0.25, -0.2) is 8.42 Å². The second kappa shape index (κ2) is 7.36. The number of hydrogen-bond acceptors (Lipinski definition) is 5. The van der Waals surface area contributed by atoms with Crippen molar-refractivity contribution in [1.82, 2.24) is 21.0 Å². The van der Waals surface area contributed by atoms with E-state index >= 15 is 0 Å². The van der Waals surface area contributed by atoms with Crippen molar-refractivity contribution in [2.24, 2.45) is 0 Å². The quantitative estimate of drug-likeness (QED) is 0.640. The van der Waals surface area contributed by atoms with Gasteiger partial charge in [-0.2, -0.15) is 5.10 Å². The first-order chi connectivity index (χ1) is 11.6. The number of H-pyrrole nitrogens is 1. The Morgan fingerprint density at radius 2 is 1.68 bits per heavy atom. The predicted molar refractivity (Wildman–Crippen MR) is 94.9 cm³/mol. The van der Waals surface area contributed by atoms with Gasteiger partial charge in [-0.3, -0.25) is 25.5 Å². The van der Waals surface area contributed by atoms with Crippen molar-refractivity contribution in [3.63, 3.8) is 0 Å². The van der Waals surface area contributed by atoms with Crippen LogP contribution in [0.1, 0.15) is 46.3 Å². The summed E-state index contributed by atoms with van der Waals surface area (Å²) >= 11 is 3.31. The van der Waals surface area contributed by atoms with Gasteiger partial charge in [-0.05, 0) is 46.1 Å². The van der Waals surface area contributed by atoms with E-state index in [1.807, 2.05) is 13.8 Å². The van der Waals surface area contributed by atoms with E-state index in [0.29, 0.717) is 4.47 Å². The average molecular weight is 429 g/mol. The topological polar surface area (TPSA) is 121 Å². The Hall–Kier alpha value is -2.20. The highest BCUT2D eigenvalue weighted by Crippen LogP contribution is 2.25. The van der Waals surface area contributed by atoms with Crippen LogP contribution in [-0.2, 0) is 9.84 Å². The van der Waals surface area contributed by atoms with Crippen molar-refractivity contribution in [3.8, 4) is 0 Å². The maximum atomic E-state index is 12.1. The average Bonchev–Trinajstić information content (AvgIpc) is 2.93. The van der Waals surface area contributed by atoms with Gasteiger partial charge in [0.25, 0.3) is 11.8 Å². The minimum atomic E-state index is -3.33. The first-order valence-corrected chi connectivity index (χ1v) is 9.94. The summed E-state index contributed by atoms with van der Waals surface area (Å²) in [4.78, 5) is 24.2. The van der Waals surface area contributed by atoms with E-state index in [4.69, 9.17) is 0 Å². The molecule has 0 spiro atoms. The van der Waals surface area contributed by atoms with Crippen LogP contribution in [0.15, 0.2) is 33.6 Å². The molecule has 0 saturated heterocycles. The van der Waals surface area contributed by atoms with E-state index in [9.17, 15) is 18.0 Å². The molecule has 1 heterocycles. The van der Waals surface area contributed by atoms with Crippen molar-refractivity contribution in [2.45, 2.75) is 24.7 Å². The molecular formula is C15H17BrN4O4S. The lowest BCUT2D eigenvalue weighted by atomic mass is 10.1. The fraction of sp³-hybridized carbons (Fsp3) is 0.267. The number of benzene rings is 1. The van der Waals surface area contributed by atoms with Crippen LogP contribution in [0.4, 0.5) is 0 Å². The molecule has 2 aromatic rings. The van der Waals surface area contributed by atoms with E-state index in [-0.39, 0.29) is 22.1 Å². The number of hydrogen-bond donors (Lipinski definition) is 3. The lowest BCUT2D eigenvalue weighted by Gasteiger charge is -2.07. The van der Waals surface area contributed by atoms with Gasteiger partial charge in [0.15, 0.2) is 15.5 Å². The number of aromatic amines is 1. The van der Waals surface area contributed by atoms with Gasteiger partial charge in [0, 0.05) is 11.8 Å². The van der Waals surface area contributed by atoms with Gasteiger partial charge in [0.05, 0.1) is 15.1 Å². The highest BCUT2D eigenvalue weighted by molar-refractivity contribution is 9.10. The Kier molecular flexibility index (Phi) is 5.63. The molecule has 8 nitrogen and oxygen atoms in total. The summed E-state index contributed by atoms with van der Waals surface area (Å²) in [6, 6.07) is 5.37. The number of nitrogens with zero attached hydrogens (tertiary/aromatic N) is 1. The number of halogens is 1. The molecule has 1 aromatic carbocycles. The second-order valence-corrected chi connectivity index (χ2v) is 8.47. The van der Waals surface area contributed by atoms with Crippen LogP contribution in [0.3, 0.4) is 0 Å². The molecule has 0 aliphatic heterocycles. The molecule has 10 heteroatoms.